The molecule has 12 N–H and O–H groups in total. The van der Waals surface area contributed by atoms with Gasteiger partial charge >= 0.3 is 5.97 Å². The molecule has 0 saturated carbocycles. The van der Waals surface area contributed by atoms with Crippen molar-refractivity contribution in [2.45, 2.75) is 84.0 Å². The van der Waals surface area contributed by atoms with E-state index in [1.54, 1.807) is 27.7 Å². The molecule has 36 heavy (non-hydrogen) atoms. The van der Waals surface area contributed by atoms with Crippen molar-refractivity contribution in [1.82, 2.24) is 16.0 Å². The fourth-order valence-electron chi connectivity index (χ4n) is 3.11. The number of hydrogen-bond donors (Lipinski definition) is 8. The van der Waals surface area contributed by atoms with E-state index in [4.69, 9.17) is 22.9 Å². The Labute approximate surface area is 211 Å². The van der Waals surface area contributed by atoms with Crippen LogP contribution in [-0.4, -0.2) is 71.4 Å². The maximum absolute atomic E-state index is 13.1. The van der Waals surface area contributed by atoms with E-state index in [-0.39, 0.29) is 50.0 Å². The van der Waals surface area contributed by atoms with Crippen LogP contribution in [0.4, 0.5) is 0 Å². The third-order valence-electron chi connectivity index (χ3n) is 5.69. The largest absolute Gasteiger partial charge is 0.480 e. The van der Waals surface area contributed by atoms with Crippen LogP contribution in [0.5, 0.6) is 0 Å². The molecule has 0 aromatic rings. The van der Waals surface area contributed by atoms with Crippen molar-refractivity contribution < 1.29 is 29.1 Å². The second-order valence-corrected chi connectivity index (χ2v) is 9.06. The zero-order valence-corrected chi connectivity index (χ0v) is 21.5. The number of carbonyl (C=O) groups is 5. The maximum Gasteiger partial charge on any atom is 0.326 e. The quantitative estimate of drug-likeness (QED) is 0.0598. The van der Waals surface area contributed by atoms with E-state index in [1.165, 1.54) is 0 Å². The molecule has 0 rings (SSSR count). The van der Waals surface area contributed by atoms with Crippen molar-refractivity contribution in [3.63, 3.8) is 0 Å². The molecule has 4 amide bonds. The number of primary amides is 1. The molecule has 0 fully saturated rings. The van der Waals surface area contributed by atoms with Gasteiger partial charge in [0.15, 0.2) is 5.96 Å². The molecule has 5 unspecified atom stereocenters. The molecule has 0 heterocycles. The molecule has 0 spiro atoms. The van der Waals surface area contributed by atoms with E-state index in [1.807, 2.05) is 0 Å². The van der Waals surface area contributed by atoms with E-state index in [2.05, 4.69) is 20.9 Å². The van der Waals surface area contributed by atoms with Crippen LogP contribution in [0.25, 0.3) is 0 Å². The fourth-order valence-corrected chi connectivity index (χ4v) is 3.11. The first-order valence-electron chi connectivity index (χ1n) is 11.9. The number of aliphatic imine (C=N–C) groups is 1. The van der Waals surface area contributed by atoms with Crippen LogP contribution in [-0.2, 0) is 24.0 Å². The van der Waals surface area contributed by atoms with Crippen LogP contribution < -0.4 is 38.9 Å². The lowest BCUT2D eigenvalue weighted by molar-refractivity contribution is -0.144. The van der Waals surface area contributed by atoms with Crippen LogP contribution in [0.1, 0.15) is 59.8 Å². The number of nitrogens with zero attached hydrogens (tertiary/aromatic N) is 1. The van der Waals surface area contributed by atoms with Crippen LogP contribution in [0, 0.1) is 11.8 Å². The number of hydrogen-bond acceptors (Lipinski definition) is 7. The zero-order chi connectivity index (χ0) is 28.0. The Kier molecular flexibility index (Phi) is 14.7. The Morgan fingerprint density at radius 3 is 1.86 bits per heavy atom. The topological polar surface area (TPSA) is 258 Å². The molecule has 0 aliphatic rings. The highest BCUT2D eigenvalue weighted by atomic mass is 16.4. The van der Waals surface area contributed by atoms with E-state index >= 15 is 0 Å². The molecule has 206 valence electrons. The SMILES string of the molecule is CCC(C)C(NC(=O)C(CCCN=C(N)N)NC(=O)C(CCC(N)=O)NC(=O)C(N)C(C)C)C(=O)O. The lowest BCUT2D eigenvalue weighted by Crippen LogP contribution is -2.58. The Morgan fingerprint density at radius 1 is 0.861 bits per heavy atom. The number of carboxylic acid groups (broad SMARTS) is 1. The van der Waals surface area contributed by atoms with Gasteiger partial charge in [0.2, 0.25) is 23.6 Å². The van der Waals surface area contributed by atoms with Crippen molar-refractivity contribution in [3.05, 3.63) is 0 Å². The highest BCUT2D eigenvalue weighted by Crippen LogP contribution is 2.10. The second-order valence-electron chi connectivity index (χ2n) is 9.06. The van der Waals surface area contributed by atoms with Crippen LogP contribution in [0.2, 0.25) is 0 Å². The van der Waals surface area contributed by atoms with Gasteiger partial charge in [0, 0.05) is 13.0 Å². The van der Waals surface area contributed by atoms with Crippen molar-refractivity contribution in [1.29, 1.82) is 0 Å². The third-order valence-corrected chi connectivity index (χ3v) is 5.69. The van der Waals surface area contributed by atoms with Gasteiger partial charge in [0.05, 0.1) is 6.04 Å². The average Bonchev–Trinajstić information content (AvgIpc) is 2.79. The molecule has 0 aromatic carbocycles. The minimum absolute atomic E-state index is 0.0726. The van der Waals surface area contributed by atoms with Gasteiger partial charge in [-0.25, -0.2) is 4.79 Å². The highest BCUT2D eigenvalue weighted by Gasteiger charge is 2.32. The van der Waals surface area contributed by atoms with Gasteiger partial charge in [-0.05, 0) is 31.1 Å². The molecule has 0 saturated heterocycles. The van der Waals surface area contributed by atoms with E-state index in [9.17, 15) is 29.1 Å². The van der Waals surface area contributed by atoms with Gasteiger partial charge in [0.25, 0.3) is 0 Å². The lowest BCUT2D eigenvalue weighted by Gasteiger charge is -2.26. The van der Waals surface area contributed by atoms with Gasteiger partial charge in [-0.1, -0.05) is 34.1 Å². The number of rotatable bonds is 17. The standard InChI is InChI=1S/C22H42N8O6/c1-5-12(4)17(21(35)36)30-19(33)13(7-6-10-27-22(25)26)28-18(32)14(8-9-15(23)31)29-20(34)16(24)11(2)3/h11-14,16-17H,5-10,24H2,1-4H3,(H2,23,31)(H,28,32)(H,29,34)(H,30,33)(H,35,36)(H4,25,26,27). The summed E-state index contributed by atoms with van der Waals surface area (Å²) < 4.78 is 0. The van der Waals surface area contributed by atoms with Crippen LogP contribution in [0.15, 0.2) is 4.99 Å². The first kappa shape index (κ1) is 32.6. The summed E-state index contributed by atoms with van der Waals surface area (Å²) in [5, 5.41) is 17.0. The number of guanidine groups is 1. The zero-order valence-electron chi connectivity index (χ0n) is 21.5. The van der Waals surface area contributed by atoms with Crippen LogP contribution in [0.3, 0.4) is 0 Å². The minimum Gasteiger partial charge on any atom is -0.480 e. The molecule has 5 atom stereocenters. The Hall–Kier alpha value is -3.42. The van der Waals surface area contributed by atoms with E-state index < -0.39 is 53.8 Å². The number of carboxylic acids is 1. The number of amides is 4. The molecule has 0 aliphatic heterocycles. The summed E-state index contributed by atoms with van der Waals surface area (Å²) in [5.74, 6) is -4.70. The van der Waals surface area contributed by atoms with Crippen molar-refractivity contribution in [2.24, 2.45) is 39.8 Å². The molecule has 0 aromatic heterocycles. The molecule has 14 nitrogen and oxygen atoms in total. The summed E-state index contributed by atoms with van der Waals surface area (Å²) in [4.78, 5) is 65.3. The van der Waals surface area contributed by atoms with Gasteiger partial charge < -0.3 is 44.0 Å². The molecule has 14 heteroatoms. The smallest absolute Gasteiger partial charge is 0.326 e. The number of aliphatic carboxylic acids is 1. The molecular formula is C22H42N8O6. The predicted octanol–water partition coefficient (Wildman–Crippen LogP) is -2.13. The van der Waals surface area contributed by atoms with Gasteiger partial charge in [-0.15, -0.1) is 0 Å². The monoisotopic (exact) mass is 514 g/mol. The maximum atomic E-state index is 13.1. The summed E-state index contributed by atoms with van der Waals surface area (Å²) in [5.41, 5.74) is 21.7. The second kappa shape index (κ2) is 16.3. The van der Waals surface area contributed by atoms with E-state index in [0.29, 0.717) is 6.42 Å². The number of carbonyl (C=O) groups excluding carboxylic acids is 4. The van der Waals surface area contributed by atoms with Gasteiger partial charge in [-0.3, -0.25) is 24.2 Å². The summed E-state index contributed by atoms with van der Waals surface area (Å²) in [6.07, 6.45) is 0.531. The highest BCUT2D eigenvalue weighted by molar-refractivity contribution is 5.94. The summed E-state index contributed by atoms with van der Waals surface area (Å²) in [6.45, 7) is 7.10. The van der Waals surface area contributed by atoms with Crippen LogP contribution >= 0.6 is 0 Å². The van der Waals surface area contributed by atoms with Crippen molar-refractivity contribution >= 4 is 35.6 Å². The average molecular weight is 515 g/mol. The Bertz CT molecular complexity index is 799. The summed E-state index contributed by atoms with van der Waals surface area (Å²) in [6, 6.07) is -4.44. The molecule has 0 bridgehead atoms. The Balaban J connectivity index is 5.75. The summed E-state index contributed by atoms with van der Waals surface area (Å²) >= 11 is 0. The third kappa shape index (κ3) is 12.3. The Morgan fingerprint density at radius 2 is 1.39 bits per heavy atom. The van der Waals surface area contributed by atoms with E-state index in [0.717, 1.165) is 0 Å². The van der Waals surface area contributed by atoms with Crippen molar-refractivity contribution in [2.75, 3.05) is 6.54 Å². The predicted molar refractivity (Wildman–Crippen MR) is 134 cm³/mol. The lowest BCUT2D eigenvalue weighted by atomic mass is 9.98. The first-order chi connectivity index (χ1) is 16.7. The molecule has 0 aliphatic carbocycles. The number of nitrogens with one attached hydrogen (secondary N) is 3. The first-order valence-corrected chi connectivity index (χ1v) is 11.9. The molecular weight excluding hydrogens is 472 g/mol. The van der Waals surface area contributed by atoms with Gasteiger partial charge in [0.1, 0.15) is 18.1 Å². The number of nitrogens with two attached hydrogens (primary N) is 4. The van der Waals surface area contributed by atoms with Crippen molar-refractivity contribution in [3.8, 4) is 0 Å². The minimum atomic E-state index is -1.21. The van der Waals surface area contributed by atoms with Gasteiger partial charge in [-0.2, -0.15) is 0 Å². The molecule has 0 radical (unpaired) electrons. The summed E-state index contributed by atoms with van der Waals surface area (Å²) in [7, 11) is 0. The normalized spacial score (nSPS) is 15.1. The fraction of sp³-hybridized carbons (Fsp3) is 0.727.